The van der Waals surface area contributed by atoms with Gasteiger partial charge in [0.15, 0.2) is 0 Å². The van der Waals surface area contributed by atoms with E-state index in [1.165, 1.54) is 4.88 Å². The third-order valence-electron chi connectivity index (χ3n) is 2.61. The summed E-state index contributed by atoms with van der Waals surface area (Å²) in [7, 11) is 0. The van der Waals surface area contributed by atoms with Crippen LogP contribution in [-0.4, -0.2) is 9.97 Å². The highest BCUT2D eigenvalue weighted by molar-refractivity contribution is 7.10. The van der Waals surface area contributed by atoms with Crippen LogP contribution < -0.4 is 0 Å². The number of nitrogens with zero attached hydrogens (tertiary/aromatic N) is 2. The zero-order chi connectivity index (χ0) is 12.4. The molecule has 0 atom stereocenters. The molecular weight excluding hydrogens is 252 g/mol. The predicted molar refractivity (Wildman–Crippen MR) is 73.8 cm³/mol. The van der Waals surface area contributed by atoms with Gasteiger partial charge in [-0.25, -0.2) is 9.97 Å². The molecule has 2 nitrogen and oxygen atoms in total. The first kappa shape index (κ1) is 12.5. The van der Waals surface area contributed by atoms with Crippen LogP contribution in [-0.2, 0) is 6.42 Å². The minimum absolute atomic E-state index is 0.572. The predicted octanol–water partition coefficient (Wildman–Crippen LogP) is 4.43. The lowest BCUT2D eigenvalue weighted by Gasteiger charge is -2.07. The Kier molecular flexibility index (Phi) is 3.79. The summed E-state index contributed by atoms with van der Waals surface area (Å²) in [4.78, 5) is 10.2. The third kappa shape index (κ3) is 2.67. The molecule has 2 aromatic rings. The van der Waals surface area contributed by atoms with Crippen molar-refractivity contribution in [3.8, 4) is 11.3 Å². The van der Waals surface area contributed by atoms with Gasteiger partial charge in [-0.1, -0.05) is 18.5 Å². The Hall–Kier alpha value is -0.930. The Labute approximate surface area is 111 Å². The summed E-state index contributed by atoms with van der Waals surface area (Å²) in [6, 6.07) is 2.14. The molecule has 0 amide bonds. The van der Waals surface area contributed by atoms with Gasteiger partial charge < -0.3 is 0 Å². The van der Waals surface area contributed by atoms with Crippen LogP contribution in [0.2, 0.25) is 5.15 Å². The van der Waals surface area contributed by atoms with Crippen molar-refractivity contribution in [3.63, 3.8) is 0 Å². The van der Waals surface area contributed by atoms with Gasteiger partial charge in [-0.15, -0.1) is 11.3 Å². The van der Waals surface area contributed by atoms with Crippen molar-refractivity contribution in [1.82, 2.24) is 9.97 Å². The standard InChI is InChI=1S/C13H15ClN2S/c1-4-5-11-15-12(9(3)13(14)16-11)10-6-8(2)17-7-10/h6-7H,4-5H2,1-3H3. The van der Waals surface area contributed by atoms with Crippen molar-refractivity contribution >= 4 is 22.9 Å². The second-order valence-corrected chi connectivity index (χ2v) is 5.57. The van der Waals surface area contributed by atoms with Gasteiger partial charge in [0.1, 0.15) is 11.0 Å². The molecule has 0 saturated carbocycles. The van der Waals surface area contributed by atoms with Crippen LogP contribution in [0.15, 0.2) is 11.4 Å². The number of aromatic nitrogens is 2. The maximum absolute atomic E-state index is 6.16. The average Bonchev–Trinajstić information content (AvgIpc) is 2.70. The Balaban J connectivity index is 2.52. The Morgan fingerprint density at radius 1 is 1.29 bits per heavy atom. The van der Waals surface area contributed by atoms with Gasteiger partial charge >= 0.3 is 0 Å². The van der Waals surface area contributed by atoms with Crippen LogP contribution in [0, 0.1) is 13.8 Å². The highest BCUT2D eigenvalue weighted by Crippen LogP contribution is 2.29. The molecule has 17 heavy (non-hydrogen) atoms. The quantitative estimate of drug-likeness (QED) is 0.768. The Morgan fingerprint density at radius 2 is 2.06 bits per heavy atom. The average molecular weight is 267 g/mol. The van der Waals surface area contributed by atoms with E-state index in [0.717, 1.165) is 35.5 Å². The molecule has 0 spiro atoms. The van der Waals surface area contributed by atoms with Crippen LogP contribution in [0.3, 0.4) is 0 Å². The first-order valence-corrected chi connectivity index (χ1v) is 6.96. The molecule has 0 aromatic carbocycles. The summed E-state index contributed by atoms with van der Waals surface area (Å²) < 4.78 is 0. The Bertz CT molecular complexity index is 534. The summed E-state index contributed by atoms with van der Waals surface area (Å²) in [5, 5.41) is 2.69. The van der Waals surface area contributed by atoms with Gasteiger partial charge in [-0.05, 0) is 26.3 Å². The van der Waals surface area contributed by atoms with Gasteiger partial charge in [0, 0.05) is 27.8 Å². The molecule has 0 aliphatic heterocycles. The van der Waals surface area contributed by atoms with Crippen molar-refractivity contribution < 1.29 is 0 Å². The largest absolute Gasteiger partial charge is 0.232 e. The molecule has 0 fully saturated rings. The van der Waals surface area contributed by atoms with Crippen molar-refractivity contribution in [3.05, 3.63) is 32.9 Å². The van der Waals surface area contributed by atoms with Crippen LogP contribution in [0.25, 0.3) is 11.3 Å². The fourth-order valence-electron chi connectivity index (χ4n) is 1.72. The minimum Gasteiger partial charge on any atom is -0.232 e. The number of hydrogen-bond acceptors (Lipinski definition) is 3. The van der Waals surface area contributed by atoms with E-state index in [1.807, 2.05) is 6.92 Å². The molecule has 0 saturated heterocycles. The number of rotatable bonds is 3. The lowest BCUT2D eigenvalue weighted by molar-refractivity contribution is 0.833. The lowest BCUT2D eigenvalue weighted by Crippen LogP contribution is -2.00. The molecule has 0 N–H and O–H groups in total. The van der Waals surface area contributed by atoms with Crippen molar-refractivity contribution in [2.24, 2.45) is 0 Å². The monoisotopic (exact) mass is 266 g/mol. The highest BCUT2D eigenvalue weighted by atomic mass is 35.5. The van der Waals surface area contributed by atoms with E-state index in [0.29, 0.717) is 5.15 Å². The van der Waals surface area contributed by atoms with Crippen LogP contribution in [0.1, 0.15) is 29.6 Å². The molecule has 0 radical (unpaired) electrons. The van der Waals surface area contributed by atoms with Gasteiger partial charge in [-0.2, -0.15) is 0 Å². The number of aryl methyl sites for hydroxylation is 2. The third-order valence-corrected chi connectivity index (χ3v) is 3.84. The second-order valence-electron chi connectivity index (χ2n) is 4.10. The molecule has 0 aliphatic rings. The number of thiophene rings is 1. The van der Waals surface area contributed by atoms with Crippen LogP contribution in [0.5, 0.6) is 0 Å². The molecule has 4 heteroatoms. The zero-order valence-corrected chi connectivity index (χ0v) is 11.8. The summed E-state index contributed by atoms with van der Waals surface area (Å²) in [5.41, 5.74) is 3.08. The molecule has 0 unspecified atom stereocenters. The van der Waals surface area contributed by atoms with E-state index < -0.39 is 0 Å². The normalized spacial score (nSPS) is 10.8. The molecule has 2 heterocycles. The second kappa shape index (κ2) is 5.15. The maximum Gasteiger partial charge on any atom is 0.136 e. The van der Waals surface area contributed by atoms with Crippen molar-refractivity contribution in [2.45, 2.75) is 33.6 Å². The minimum atomic E-state index is 0.572. The Morgan fingerprint density at radius 3 is 2.65 bits per heavy atom. The molecule has 2 aromatic heterocycles. The molecular formula is C13H15ClN2S. The number of hydrogen-bond donors (Lipinski definition) is 0. The summed E-state index contributed by atoms with van der Waals surface area (Å²) >= 11 is 7.89. The fraction of sp³-hybridized carbons (Fsp3) is 0.385. The summed E-state index contributed by atoms with van der Waals surface area (Å²) in [6.45, 7) is 6.19. The van der Waals surface area contributed by atoms with E-state index in [9.17, 15) is 0 Å². The SMILES string of the molecule is CCCc1nc(Cl)c(C)c(-c2csc(C)c2)n1. The maximum atomic E-state index is 6.16. The van der Waals surface area contributed by atoms with Crippen LogP contribution in [0.4, 0.5) is 0 Å². The topological polar surface area (TPSA) is 25.8 Å². The van der Waals surface area contributed by atoms with E-state index in [-0.39, 0.29) is 0 Å². The van der Waals surface area contributed by atoms with E-state index in [4.69, 9.17) is 11.6 Å². The van der Waals surface area contributed by atoms with Gasteiger partial charge in [-0.3, -0.25) is 0 Å². The fourth-order valence-corrected chi connectivity index (χ4v) is 2.59. The summed E-state index contributed by atoms with van der Waals surface area (Å²) in [6.07, 6.45) is 1.90. The van der Waals surface area contributed by atoms with Crippen molar-refractivity contribution in [2.75, 3.05) is 0 Å². The first-order chi connectivity index (χ1) is 8.11. The van der Waals surface area contributed by atoms with Gasteiger partial charge in [0.25, 0.3) is 0 Å². The van der Waals surface area contributed by atoms with Crippen molar-refractivity contribution in [1.29, 1.82) is 0 Å². The van der Waals surface area contributed by atoms with Crippen LogP contribution >= 0.6 is 22.9 Å². The van der Waals surface area contributed by atoms with Gasteiger partial charge in [0.2, 0.25) is 0 Å². The molecule has 0 aliphatic carbocycles. The number of halogens is 1. The molecule has 0 bridgehead atoms. The highest BCUT2D eigenvalue weighted by Gasteiger charge is 2.11. The first-order valence-electron chi connectivity index (χ1n) is 5.70. The smallest absolute Gasteiger partial charge is 0.136 e. The van der Waals surface area contributed by atoms with E-state index in [2.05, 4.69) is 35.3 Å². The van der Waals surface area contributed by atoms with E-state index >= 15 is 0 Å². The van der Waals surface area contributed by atoms with E-state index in [1.54, 1.807) is 11.3 Å². The lowest BCUT2D eigenvalue weighted by atomic mass is 10.1. The molecule has 90 valence electrons. The van der Waals surface area contributed by atoms with Gasteiger partial charge in [0.05, 0.1) is 5.69 Å². The zero-order valence-electron chi connectivity index (χ0n) is 10.2. The molecule has 2 rings (SSSR count). The summed E-state index contributed by atoms with van der Waals surface area (Å²) in [5.74, 6) is 0.835.